The van der Waals surface area contributed by atoms with Crippen LogP contribution in [0.2, 0.25) is 0 Å². The molecule has 0 radical (unpaired) electrons. The summed E-state index contributed by atoms with van der Waals surface area (Å²) in [7, 11) is 0. The number of hydrogen-bond donors (Lipinski definition) is 2. The number of rotatable bonds is 6. The molecular weight excluding hydrogens is 480 g/mol. The number of halogens is 2. The Balaban J connectivity index is 1.59. The predicted molar refractivity (Wildman–Crippen MR) is 135 cm³/mol. The number of aromatic nitrogens is 1. The minimum Gasteiger partial charge on any atom is -0.465 e. The second kappa shape index (κ2) is 9.95. The highest BCUT2D eigenvalue weighted by atomic mass is 19.1. The van der Waals surface area contributed by atoms with E-state index in [0.717, 1.165) is 19.3 Å². The van der Waals surface area contributed by atoms with Crippen LogP contribution < -0.4 is 10.9 Å². The molecule has 2 atom stereocenters. The summed E-state index contributed by atoms with van der Waals surface area (Å²) in [4.78, 5) is 40.2. The van der Waals surface area contributed by atoms with Gasteiger partial charge in [0.1, 0.15) is 11.6 Å². The molecule has 2 heterocycles. The lowest BCUT2D eigenvalue weighted by atomic mass is 9.77. The Morgan fingerprint density at radius 3 is 2.54 bits per heavy atom. The molecule has 5 rings (SSSR count). The fourth-order valence-electron chi connectivity index (χ4n) is 5.72. The SMILES string of the molecule is Cc1c(C(=O)N[C@H](c2cccc(F)c2)C2CCC2)c2cccc(F)c2c(=O)n1C[C@@H]1CCCN1C(=O)O. The van der Waals surface area contributed by atoms with Crippen molar-refractivity contribution in [3.05, 3.63) is 81.3 Å². The van der Waals surface area contributed by atoms with Crippen molar-refractivity contribution in [3.63, 3.8) is 0 Å². The lowest BCUT2D eigenvalue weighted by Crippen LogP contribution is -2.41. The molecule has 1 saturated heterocycles. The number of carboxylic acid groups (broad SMARTS) is 1. The summed E-state index contributed by atoms with van der Waals surface area (Å²) in [6.07, 6.45) is 2.96. The zero-order valence-electron chi connectivity index (χ0n) is 20.5. The van der Waals surface area contributed by atoms with E-state index in [4.69, 9.17) is 0 Å². The van der Waals surface area contributed by atoms with Crippen LogP contribution in [0.15, 0.2) is 47.3 Å². The molecule has 3 aromatic rings. The Morgan fingerprint density at radius 2 is 1.86 bits per heavy atom. The van der Waals surface area contributed by atoms with Gasteiger partial charge in [0, 0.05) is 24.2 Å². The fraction of sp³-hybridized carbons (Fsp3) is 0.393. The molecule has 2 amide bonds. The van der Waals surface area contributed by atoms with E-state index in [1.54, 1.807) is 25.1 Å². The third-order valence-corrected chi connectivity index (χ3v) is 7.87. The van der Waals surface area contributed by atoms with Gasteiger partial charge in [-0.3, -0.25) is 9.59 Å². The van der Waals surface area contributed by atoms with Crippen molar-refractivity contribution in [1.29, 1.82) is 0 Å². The van der Waals surface area contributed by atoms with Crippen LogP contribution in [0.3, 0.4) is 0 Å². The first-order chi connectivity index (χ1) is 17.8. The van der Waals surface area contributed by atoms with Crippen molar-refractivity contribution in [1.82, 2.24) is 14.8 Å². The fourth-order valence-corrected chi connectivity index (χ4v) is 5.72. The second-order valence-corrected chi connectivity index (χ2v) is 10.0. The standard InChI is InChI=1S/C28H29F2N3O4/c1-16-23(26(34)31-25(17-6-2-7-17)18-8-3-9-19(29)14-18)21-11-4-12-22(30)24(21)27(35)33(16)15-20-10-5-13-32(20)28(36)37/h3-4,8-9,11-12,14,17,20,25H,2,5-7,10,13,15H2,1H3,(H,31,34)(H,36,37)/t20-,25-/m0/s1. The Labute approximate surface area is 212 Å². The number of likely N-dealkylation sites (tertiary alicyclic amines) is 1. The van der Waals surface area contributed by atoms with Crippen molar-refractivity contribution in [2.24, 2.45) is 5.92 Å². The summed E-state index contributed by atoms with van der Waals surface area (Å²) >= 11 is 0. The number of nitrogens with zero attached hydrogens (tertiary/aromatic N) is 2. The molecule has 0 spiro atoms. The number of carbonyl (C=O) groups excluding carboxylic acids is 1. The van der Waals surface area contributed by atoms with E-state index in [0.29, 0.717) is 30.6 Å². The van der Waals surface area contributed by atoms with Gasteiger partial charge in [0.2, 0.25) is 0 Å². The van der Waals surface area contributed by atoms with Crippen LogP contribution in [0.25, 0.3) is 10.8 Å². The molecule has 9 heteroatoms. The maximum absolute atomic E-state index is 15.0. The second-order valence-electron chi connectivity index (χ2n) is 10.0. The van der Waals surface area contributed by atoms with Gasteiger partial charge >= 0.3 is 6.09 Å². The average Bonchev–Trinajstić information content (AvgIpc) is 3.29. The molecule has 0 unspecified atom stereocenters. The molecule has 2 fully saturated rings. The van der Waals surface area contributed by atoms with Gasteiger partial charge in [-0.25, -0.2) is 13.6 Å². The number of nitrogens with one attached hydrogen (secondary N) is 1. The third kappa shape index (κ3) is 4.58. The molecule has 2 aromatic carbocycles. The summed E-state index contributed by atoms with van der Waals surface area (Å²) in [5, 5.41) is 12.6. The Bertz CT molecular complexity index is 1430. The van der Waals surface area contributed by atoms with Crippen molar-refractivity contribution >= 4 is 22.8 Å². The summed E-state index contributed by atoms with van der Waals surface area (Å²) in [5.74, 6) is -1.48. The van der Waals surface area contributed by atoms with Gasteiger partial charge in [-0.2, -0.15) is 0 Å². The number of amides is 2. The Hall–Kier alpha value is -3.75. The van der Waals surface area contributed by atoms with Crippen LogP contribution in [0.1, 0.15) is 59.8 Å². The quantitative estimate of drug-likeness (QED) is 0.489. The molecule has 1 aliphatic heterocycles. The Morgan fingerprint density at radius 1 is 1.11 bits per heavy atom. The zero-order chi connectivity index (χ0) is 26.3. The third-order valence-electron chi connectivity index (χ3n) is 7.87. The molecule has 7 nitrogen and oxygen atoms in total. The molecule has 2 aliphatic rings. The lowest BCUT2D eigenvalue weighted by Gasteiger charge is -2.35. The number of benzene rings is 2. The van der Waals surface area contributed by atoms with E-state index in [-0.39, 0.29) is 28.8 Å². The van der Waals surface area contributed by atoms with Crippen LogP contribution in [-0.4, -0.2) is 39.2 Å². The molecule has 1 aromatic heterocycles. The van der Waals surface area contributed by atoms with Gasteiger partial charge in [0.05, 0.1) is 23.0 Å². The topological polar surface area (TPSA) is 91.6 Å². The molecule has 2 N–H and O–H groups in total. The normalized spacial score (nSPS) is 18.6. The van der Waals surface area contributed by atoms with Crippen molar-refractivity contribution in [3.8, 4) is 0 Å². The average molecular weight is 510 g/mol. The highest BCUT2D eigenvalue weighted by Gasteiger charge is 2.33. The summed E-state index contributed by atoms with van der Waals surface area (Å²) in [6.45, 7) is 2.01. The summed E-state index contributed by atoms with van der Waals surface area (Å²) in [6, 6.07) is 9.43. The van der Waals surface area contributed by atoms with Gasteiger partial charge in [-0.1, -0.05) is 30.7 Å². The summed E-state index contributed by atoms with van der Waals surface area (Å²) < 4.78 is 30.4. The maximum atomic E-state index is 15.0. The van der Waals surface area contributed by atoms with Gasteiger partial charge in [0.15, 0.2) is 0 Å². The van der Waals surface area contributed by atoms with Gasteiger partial charge in [-0.05, 0) is 62.3 Å². The first-order valence-corrected chi connectivity index (χ1v) is 12.6. The largest absolute Gasteiger partial charge is 0.465 e. The van der Waals surface area contributed by atoms with Crippen LogP contribution in [0, 0.1) is 24.5 Å². The van der Waals surface area contributed by atoms with Gasteiger partial charge < -0.3 is 19.9 Å². The van der Waals surface area contributed by atoms with E-state index in [1.807, 2.05) is 0 Å². The van der Waals surface area contributed by atoms with Crippen LogP contribution in [0.5, 0.6) is 0 Å². The van der Waals surface area contributed by atoms with Crippen LogP contribution in [0.4, 0.5) is 13.6 Å². The molecule has 37 heavy (non-hydrogen) atoms. The highest BCUT2D eigenvalue weighted by Crippen LogP contribution is 2.38. The van der Waals surface area contributed by atoms with E-state index >= 15 is 0 Å². The smallest absolute Gasteiger partial charge is 0.407 e. The first-order valence-electron chi connectivity index (χ1n) is 12.6. The molecule has 1 saturated carbocycles. The van der Waals surface area contributed by atoms with E-state index in [2.05, 4.69) is 5.32 Å². The number of carbonyl (C=O) groups is 2. The van der Waals surface area contributed by atoms with E-state index in [9.17, 15) is 28.3 Å². The minimum absolute atomic E-state index is 0.0253. The maximum Gasteiger partial charge on any atom is 0.407 e. The van der Waals surface area contributed by atoms with Gasteiger partial charge in [-0.15, -0.1) is 0 Å². The van der Waals surface area contributed by atoms with Crippen molar-refractivity contribution < 1.29 is 23.5 Å². The van der Waals surface area contributed by atoms with Crippen LogP contribution >= 0.6 is 0 Å². The van der Waals surface area contributed by atoms with E-state index in [1.165, 1.54) is 33.7 Å². The van der Waals surface area contributed by atoms with Crippen molar-refractivity contribution in [2.45, 2.75) is 57.7 Å². The highest BCUT2D eigenvalue weighted by molar-refractivity contribution is 6.08. The zero-order valence-corrected chi connectivity index (χ0v) is 20.5. The number of pyridine rings is 1. The molecule has 194 valence electrons. The van der Waals surface area contributed by atoms with E-state index < -0.39 is 41.3 Å². The Kier molecular flexibility index (Phi) is 6.70. The first kappa shape index (κ1) is 24.9. The predicted octanol–water partition coefficient (Wildman–Crippen LogP) is 5.00. The van der Waals surface area contributed by atoms with Gasteiger partial charge in [0.25, 0.3) is 11.5 Å². The summed E-state index contributed by atoms with van der Waals surface area (Å²) in [5.41, 5.74) is 0.557. The molecule has 0 bridgehead atoms. The molecular formula is C28H29F2N3O4. The van der Waals surface area contributed by atoms with Crippen molar-refractivity contribution in [2.75, 3.05) is 6.54 Å². The monoisotopic (exact) mass is 509 g/mol. The lowest BCUT2D eigenvalue weighted by molar-refractivity contribution is 0.0899. The molecule has 1 aliphatic carbocycles. The minimum atomic E-state index is -1.07. The number of fused-ring (bicyclic) bond motifs is 1. The number of hydrogen-bond acceptors (Lipinski definition) is 3. The van der Waals surface area contributed by atoms with Crippen LogP contribution in [-0.2, 0) is 6.54 Å².